The van der Waals surface area contributed by atoms with Crippen LogP contribution in [0.2, 0.25) is 0 Å². The van der Waals surface area contributed by atoms with Crippen LogP contribution in [0.3, 0.4) is 0 Å². The van der Waals surface area contributed by atoms with E-state index in [9.17, 15) is 0 Å². The second kappa shape index (κ2) is 13.1. The van der Waals surface area contributed by atoms with Gasteiger partial charge >= 0.3 is 0 Å². The standard InChI is InChI=1S/C20H29N3O4.HI/c1-5-21-20(23-13-11-16-7-6-14-27-16)22-12-10-15-8-9-17(24-2)19(26-4)18(15)25-3;/h6-9,14H,5,10-13H2,1-4H3,(H2,21,22,23);1H. The van der Waals surface area contributed by atoms with Gasteiger partial charge in [0.2, 0.25) is 5.75 Å². The van der Waals surface area contributed by atoms with Crippen molar-refractivity contribution in [1.29, 1.82) is 0 Å². The van der Waals surface area contributed by atoms with Crippen molar-refractivity contribution in [2.24, 2.45) is 4.99 Å². The molecule has 156 valence electrons. The van der Waals surface area contributed by atoms with Gasteiger partial charge in [-0.3, -0.25) is 4.99 Å². The van der Waals surface area contributed by atoms with Gasteiger partial charge in [-0.1, -0.05) is 6.07 Å². The SMILES string of the molecule is CCNC(=NCCc1ccco1)NCCc1ccc(OC)c(OC)c1OC.I. The molecule has 2 N–H and O–H groups in total. The fraction of sp³-hybridized carbons (Fsp3) is 0.450. The smallest absolute Gasteiger partial charge is 0.203 e. The molecule has 0 aliphatic heterocycles. The number of furan rings is 1. The Morgan fingerprint density at radius 2 is 1.79 bits per heavy atom. The molecule has 0 radical (unpaired) electrons. The summed E-state index contributed by atoms with van der Waals surface area (Å²) in [5, 5.41) is 6.60. The zero-order valence-corrected chi connectivity index (χ0v) is 19.2. The van der Waals surface area contributed by atoms with Crippen LogP contribution in [0.1, 0.15) is 18.2 Å². The summed E-state index contributed by atoms with van der Waals surface area (Å²) in [4.78, 5) is 4.58. The van der Waals surface area contributed by atoms with Gasteiger partial charge in [0.25, 0.3) is 0 Å². The highest BCUT2D eigenvalue weighted by Crippen LogP contribution is 2.39. The highest BCUT2D eigenvalue weighted by atomic mass is 127. The number of methoxy groups -OCH3 is 3. The average molecular weight is 503 g/mol. The quantitative estimate of drug-likeness (QED) is 0.295. The Morgan fingerprint density at radius 1 is 1.00 bits per heavy atom. The van der Waals surface area contributed by atoms with Crippen molar-refractivity contribution in [2.75, 3.05) is 41.0 Å². The maximum absolute atomic E-state index is 5.53. The van der Waals surface area contributed by atoms with Gasteiger partial charge in [-0.15, -0.1) is 24.0 Å². The largest absolute Gasteiger partial charge is 0.493 e. The molecule has 1 aromatic heterocycles. The van der Waals surface area contributed by atoms with Gasteiger partial charge < -0.3 is 29.3 Å². The maximum Gasteiger partial charge on any atom is 0.203 e. The van der Waals surface area contributed by atoms with Crippen molar-refractivity contribution in [3.63, 3.8) is 0 Å². The van der Waals surface area contributed by atoms with Crippen molar-refractivity contribution in [1.82, 2.24) is 10.6 Å². The molecule has 0 amide bonds. The van der Waals surface area contributed by atoms with Gasteiger partial charge in [0.1, 0.15) is 5.76 Å². The van der Waals surface area contributed by atoms with Crippen molar-refractivity contribution < 1.29 is 18.6 Å². The molecule has 0 unspecified atom stereocenters. The molecule has 8 heteroatoms. The molecule has 2 rings (SSSR count). The molecule has 0 aliphatic rings. The van der Waals surface area contributed by atoms with E-state index in [4.69, 9.17) is 18.6 Å². The number of guanidine groups is 1. The van der Waals surface area contributed by atoms with E-state index in [-0.39, 0.29) is 24.0 Å². The van der Waals surface area contributed by atoms with Crippen LogP contribution in [0.25, 0.3) is 0 Å². The minimum atomic E-state index is 0. The van der Waals surface area contributed by atoms with Gasteiger partial charge in [0, 0.05) is 31.6 Å². The number of ether oxygens (including phenoxy) is 3. The molecular weight excluding hydrogens is 473 g/mol. The average Bonchev–Trinajstić information content (AvgIpc) is 3.20. The van der Waals surface area contributed by atoms with Crippen LogP contribution in [0.5, 0.6) is 17.2 Å². The van der Waals surface area contributed by atoms with E-state index in [1.807, 2.05) is 31.2 Å². The lowest BCUT2D eigenvalue weighted by molar-refractivity contribution is 0.322. The first-order valence-corrected chi connectivity index (χ1v) is 9.05. The minimum Gasteiger partial charge on any atom is -0.493 e. The third-order valence-electron chi connectivity index (χ3n) is 4.02. The van der Waals surface area contributed by atoms with Crippen LogP contribution in [0, 0.1) is 0 Å². The van der Waals surface area contributed by atoms with Crippen LogP contribution in [0.4, 0.5) is 0 Å². The van der Waals surface area contributed by atoms with Gasteiger partial charge in [-0.25, -0.2) is 0 Å². The molecule has 0 saturated heterocycles. The predicted octanol–water partition coefficient (Wildman–Crippen LogP) is 3.26. The van der Waals surface area contributed by atoms with E-state index in [1.165, 1.54) is 0 Å². The normalized spacial score (nSPS) is 10.8. The third-order valence-corrected chi connectivity index (χ3v) is 4.02. The van der Waals surface area contributed by atoms with Crippen LogP contribution in [-0.4, -0.2) is 46.9 Å². The van der Waals surface area contributed by atoms with Crippen LogP contribution in [0.15, 0.2) is 39.9 Å². The Balaban J connectivity index is 0.00000392. The van der Waals surface area contributed by atoms with E-state index in [2.05, 4.69) is 15.6 Å². The number of hydrogen-bond acceptors (Lipinski definition) is 5. The number of benzene rings is 1. The van der Waals surface area contributed by atoms with Gasteiger partial charge in [-0.05, 0) is 31.5 Å². The molecule has 0 fully saturated rings. The zero-order valence-electron chi connectivity index (χ0n) is 16.9. The topological polar surface area (TPSA) is 77.3 Å². The van der Waals surface area contributed by atoms with E-state index in [0.29, 0.717) is 30.3 Å². The fourth-order valence-corrected chi connectivity index (χ4v) is 2.75. The Bertz CT molecular complexity index is 720. The summed E-state index contributed by atoms with van der Waals surface area (Å²) >= 11 is 0. The summed E-state index contributed by atoms with van der Waals surface area (Å²) in [5.41, 5.74) is 1.04. The second-order valence-corrected chi connectivity index (χ2v) is 5.76. The Morgan fingerprint density at radius 3 is 2.39 bits per heavy atom. The number of halogens is 1. The van der Waals surface area contributed by atoms with Crippen molar-refractivity contribution >= 4 is 29.9 Å². The summed E-state index contributed by atoms with van der Waals surface area (Å²) in [6.07, 6.45) is 3.21. The molecule has 1 aromatic carbocycles. The van der Waals surface area contributed by atoms with Gasteiger partial charge in [-0.2, -0.15) is 0 Å². The Hall–Kier alpha value is -2.10. The second-order valence-electron chi connectivity index (χ2n) is 5.76. The molecule has 0 spiro atoms. The summed E-state index contributed by atoms with van der Waals surface area (Å²) < 4.78 is 21.6. The van der Waals surface area contributed by atoms with Crippen molar-refractivity contribution in [2.45, 2.75) is 19.8 Å². The highest BCUT2D eigenvalue weighted by molar-refractivity contribution is 14.0. The monoisotopic (exact) mass is 503 g/mol. The molecule has 0 aliphatic carbocycles. The lowest BCUT2D eigenvalue weighted by atomic mass is 10.1. The van der Waals surface area contributed by atoms with E-state index >= 15 is 0 Å². The lowest BCUT2D eigenvalue weighted by Crippen LogP contribution is -2.38. The van der Waals surface area contributed by atoms with Gasteiger partial charge in [0.05, 0.1) is 27.6 Å². The lowest BCUT2D eigenvalue weighted by Gasteiger charge is -2.16. The Kier molecular flexibility index (Phi) is 11.2. The number of aliphatic imine (C=N–C) groups is 1. The zero-order chi connectivity index (χ0) is 19.5. The van der Waals surface area contributed by atoms with Crippen molar-refractivity contribution in [3.8, 4) is 17.2 Å². The molecule has 7 nitrogen and oxygen atoms in total. The Labute approximate surface area is 183 Å². The molecule has 0 bridgehead atoms. The number of nitrogens with one attached hydrogen (secondary N) is 2. The molecule has 0 saturated carbocycles. The predicted molar refractivity (Wildman–Crippen MR) is 122 cm³/mol. The van der Waals surface area contributed by atoms with E-state index < -0.39 is 0 Å². The minimum absolute atomic E-state index is 0. The molecule has 0 atom stereocenters. The fourth-order valence-electron chi connectivity index (χ4n) is 2.75. The van der Waals surface area contributed by atoms with Crippen LogP contribution >= 0.6 is 24.0 Å². The van der Waals surface area contributed by atoms with Crippen molar-refractivity contribution in [3.05, 3.63) is 41.9 Å². The maximum atomic E-state index is 5.53. The third kappa shape index (κ3) is 6.81. The first-order chi connectivity index (χ1) is 13.2. The molecule has 1 heterocycles. The first-order valence-electron chi connectivity index (χ1n) is 9.05. The molecular formula is C20H30IN3O4. The number of rotatable bonds is 10. The van der Waals surface area contributed by atoms with Crippen LogP contribution in [-0.2, 0) is 12.8 Å². The van der Waals surface area contributed by atoms with E-state index in [0.717, 1.165) is 36.7 Å². The van der Waals surface area contributed by atoms with E-state index in [1.54, 1.807) is 27.6 Å². The number of hydrogen-bond donors (Lipinski definition) is 2. The first kappa shape index (κ1) is 23.9. The summed E-state index contributed by atoms with van der Waals surface area (Å²) in [5.74, 6) is 3.67. The van der Waals surface area contributed by atoms with Gasteiger partial charge in [0.15, 0.2) is 17.5 Å². The van der Waals surface area contributed by atoms with Crippen LogP contribution < -0.4 is 24.8 Å². The summed E-state index contributed by atoms with van der Waals surface area (Å²) in [6, 6.07) is 7.72. The summed E-state index contributed by atoms with van der Waals surface area (Å²) in [7, 11) is 4.85. The number of nitrogens with zero attached hydrogens (tertiary/aromatic N) is 1. The summed E-state index contributed by atoms with van der Waals surface area (Å²) in [6.45, 7) is 4.20. The molecule has 2 aromatic rings. The highest BCUT2D eigenvalue weighted by Gasteiger charge is 2.15. The molecule has 28 heavy (non-hydrogen) atoms.